The highest BCUT2D eigenvalue weighted by molar-refractivity contribution is 7.90. The van der Waals surface area contributed by atoms with E-state index in [2.05, 4.69) is 51.1 Å². The van der Waals surface area contributed by atoms with Gasteiger partial charge in [0, 0.05) is 12.1 Å². The van der Waals surface area contributed by atoms with Crippen LogP contribution in [0.2, 0.25) is 0 Å². The van der Waals surface area contributed by atoms with E-state index in [4.69, 9.17) is 0 Å². The van der Waals surface area contributed by atoms with Gasteiger partial charge in [-0.05, 0) is 56.5 Å². The highest BCUT2D eigenvalue weighted by Crippen LogP contribution is 2.26. The molecule has 1 amide bonds. The first-order chi connectivity index (χ1) is 15.8. The Morgan fingerprint density at radius 1 is 1.09 bits per heavy atom. The minimum Gasteiger partial charge on any atom is -0.352 e. The quantitative estimate of drug-likeness (QED) is 0.654. The van der Waals surface area contributed by atoms with Crippen LogP contribution in [-0.4, -0.2) is 50.7 Å². The lowest BCUT2D eigenvalue weighted by molar-refractivity contribution is -0.123. The lowest BCUT2D eigenvalue weighted by Crippen LogP contribution is -2.43. The summed E-state index contributed by atoms with van der Waals surface area (Å²) < 4.78 is 27.4. The van der Waals surface area contributed by atoms with Crippen molar-refractivity contribution in [2.24, 2.45) is 10.9 Å². The summed E-state index contributed by atoms with van der Waals surface area (Å²) in [4.78, 5) is 20.4. The Morgan fingerprint density at radius 3 is 2.42 bits per heavy atom. The first-order valence-corrected chi connectivity index (χ1v) is 13.0. The standard InChI is InChI=1S/C25H32N4O3S/c1-17(2)23(27-24-20-8-4-5-9-22(20)33(31,32)28-24)25(30)26-16-21(29-14-6-7-15-29)19-12-10-18(3)11-13-19/h4-5,8-13,17,21,23H,6-7,14-16H2,1-3H3,(H,26,30)(H,27,28)/t21?,23-/m0/s1. The Bertz CT molecular complexity index is 1140. The molecule has 1 unspecified atom stereocenters. The van der Waals surface area contributed by atoms with Gasteiger partial charge in [-0.1, -0.05) is 55.8 Å². The van der Waals surface area contributed by atoms with Crippen LogP contribution in [-0.2, 0) is 14.8 Å². The Morgan fingerprint density at radius 2 is 1.76 bits per heavy atom. The molecule has 0 aliphatic carbocycles. The second kappa shape index (κ2) is 9.65. The zero-order chi connectivity index (χ0) is 23.6. The van der Waals surface area contributed by atoms with Crippen LogP contribution >= 0.6 is 0 Å². The molecule has 0 spiro atoms. The maximum atomic E-state index is 13.2. The molecule has 2 N–H and O–H groups in total. The molecule has 4 rings (SSSR count). The molecule has 0 radical (unpaired) electrons. The average molecular weight is 469 g/mol. The van der Waals surface area contributed by atoms with Gasteiger partial charge in [0.1, 0.15) is 11.9 Å². The molecule has 2 aromatic rings. The van der Waals surface area contributed by atoms with Crippen molar-refractivity contribution in [3.05, 3.63) is 65.2 Å². The predicted molar refractivity (Wildman–Crippen MR) is 130 cm³/mol. The van der Waals surface area contributed by atoms with E-state index >= 15 is 0 Å². The first-order valence-electron chi connectivity index (χ1n) is 11.5. The molecule has 0 aromatic heterocycles. The lowest BCUT2D eigenvalue weighted by Gasteiger charge is -2.29. The van der Waals surface area contributed by atoms with Gasteiger partial charge >= 0.3 is 0 Å². The molecule has 0 saturated carbocycles. The number of sulfonamides is 1. The number of benzene rings is 2. The van der Waals surface area contributed by atoms with Crippen LogP contribution in [0.1, 0.15) is 49.4 Å². The van der Waals surface area contributed by atoms with Gasteiger partial charge in [0.05, 0.1) is 10.9 Å². The maximum Gasteiger partial charge on any atom is 0.263 e. The van der Waals surface area contributed by atoms with Crippen molar-refractivity contribution >= 4 is 21.8 Å². The van der Waals surface area contributed by atoms with Gasteiger partial charge in [0.25, 0.3) is 10.0 Å². The van der Waals surface area contributed by atoms with Gasteiger partial charge in [-0.2, -0.15) is 0 Å². The van der Waals surface area contributed by atoms with Crippen LogP contribution in [0.25, 0.3) is 0 Å². The largest absolute Gasteiger partial charge is 0.352 e. The van der Waals surface area contributed by atoms with Crippen LogP contribution in [0.15, 0.2) is 58.4 Å². The number of aryl methyl sites for hydroxylation is 1. The molecule has 1 saturated heterocycles. The molecule has 2 atom stereocenters. The number of carbonyl (C=O) groups is 1. The first kappa shape index (κ1) is 23.4. The third-order valence-corrected chi connectivity index (χ3v) is 7.74. The molecule has 7 nitrogen and oxygen atoms in total. The van der Waals surface area contributed by atoms with Gasteiger partial charge in [-0.15, -0.1) is 0 Å². The fourth-order valence-corrected chi connectivity index (χ4v) is 5.72. The number of aliphatic imine (C=N–C) groups is 1. The van der Waals surface area contributed by atoms with Gasteiger partial charge in [0.2, 0.25) is 5.91 Å². The number of amidine groups is 1. The normalized spacial score (nSPS) is 20.4. The summed E-state index contributed by atoms with van der Waals surface area (Å²) in [6.45, 7) is 8.42. The average Bonchev–Trinajstić information content (AvgIpc) is 3.40. The molecule has 0 bridgehead atoms. The van der Waals surface area contributed by atoms with Crippen molar-refractivity contribution in [3.8, 4) is 0 Å². The molecule has 1 fully saturated rings. The molecule has 2 heterocycles. The smallest absolute Gasteiger partial charge is 0.263 e. The van der Waals surface area contributed by atoms with E-state index in [9.17, 15) is 13.2 Å². The van der Waals surface area contributed by atoms with E-state index in [0.717, 1.165) is 25.9 Å². The molecule has 33 heavy (non-hydrogen) atoms. The van der Waals surface area contributed by atoms with Crippen molar-refractivity contribution in [3.63, 3.8) is 0 Å². The van der Waals surface area contributed by atoms with Crippen molar-refractivity contribution in [2.45, 2.75) is 50.6 Å². The number of carbonyl (C=O) groups excluding carboxylic acids is 1. The fraction of sp³-hybridized carbons (Fsp3) is 0.440. The SMILES string of the molecule is Cc1ccc(C(CNC(=O)[C@@H](N=C2NS(=O)(=O)c3ccccc32)C(C)C)N2CCCC2)cc1. The van der Waals surface area contributed by atoms with Gasteiger partial charge < -0.3 is 5.32 Å². The fourth-order valence-electron chi connectivity index (χ4n) is 4.48. The number of fused-ring (bicyclic) bond motifs is 1. The highest BCUT2D eigenvalue weighted by atomic mass is 32.2. The number of nitrogens with zero attached hydrogens (tertiary/aromatic N) is 2. The summed E-state index contributed by atoms with van der Waals surface area (Å²) in [5.41, 5.74) is 2.90. The maximum absolute atomic E-state index is 13.2. The molecular formula is C25H32N4O3S. The van der Waals surface area contributed by atoms with Gasteiger partial charge in [0.15, 0.2) is 0 Å². The summed E-state index contributed by atoms with van der Waals surface area (Å²) >= 11 is 0. The molecule has 2 aliphatic heterocycles. The van der Waals surface area contributed by atoms with Crippen LogP contribution in [0.5, 0.6) is 0 Å². The summed E-state index contributed by atoms with van der Waals surface area (Å²) in [6, 6.07) is 14.6. The molecule has 2 aromatic carbocycles. The molecule has 2 aliphatic rings. The van der Waals surface area contributed by atoms with Gasteiger partial charge in [-0.3, -0.25) is 19.4 Å². The summed E-state index contributed by atoms with van der Waals surface area (Å²) in [7, 11) is -3.65. The number of likely N-dealkylation sites (tertiary alicyclic amines) is 1. The molecular weight excluding hydrogens is 436 g/mol. The summed E-state index contributed by atoms with van der Waals surface area (Å²) in [6.07, 6.45) is 2.33. The van der Waals surface area contributed by atoms with E-state index in [-0.39, 0.29) is 28.6 Å². The van der Waals surface area contributed by atoms with E-state index in [1.54, 1.807) is 24.3 Å². The van der Waals surface area contributed by atoms with Crippen LogP contribution < -0.4 is 10.0 Å². The Kier molecular flexibility index (Phi) is 6.86. The summed E-state index contributed by atoms with van der Waals surface area (Å²) in [5, 5.41) is 3.11. The van der Waals surface area contributed by atoms with Gasteiger partial charge in [-0.25, -0.2) is 8.42 Å². The third kappa shape index (κ3) is 5.12. The third-order valence-electron chi connectivity index (χ3n) is 6.34. The van der Waals surface area contributed by atoms with Crippen LogP contribution in [0.4, 0.5) is 0 Å². The number of hydrogen-bond acceptors (Lipinski definition) is 5. The zero-order valence-corrected chi connectivity index (χ0v) is 20.2. The van der Waals surface area contributed by atoms with Crippen molar-refractivity contribution in [1.82, 2.24) is 14.9 Å². The summed E-state index contributed by atoms with van der Waals surface area (Å²) in [5.74, 6) is -0.0640. The number of nitrogens with one attached hydrogen (secondary N) is 2. The van der Waals surface area contributed by atoms with Crippen molar-refractivity contribution in [1.29, 1.82) is 0 Å². The van der Waals surface area contributed by atoms with E-state index < -0.39 is 16.1 Å². The highest BCUT2D eigenvalue weighted by Gasteiger charge is 2.33. The number of hydrogen-bond donors (Lipinski definition) is 2. The van der Waals surface area contributed by atoms with E-state index in [0.29, 0.717) is 12.1 Å². The lowest BCUT2D eigenvalue weighted by atomic mass is 10.0. The Labute approximate surface area is 196 Å². The van der Waals surface area contributed by atoms with Crippen LogP contribution in [0.3, 0.4) is 0 Å². The Hall–Kier alpha value is -2.71. The number of amides is 1. The zero-order valence-electron chi connectivity index (χ0n) is 19.4. The topological polar surface area (TPSA) is 90.9 Å². The number of rotatable bonds is 7. The second-order valence-electron chi connectivity index (χ2n) is 9.18. The molecule has 8 heteroatoms. The minimum absolute atomic E-state index is 0.0978. The van der Waals surface area contributed by atoms with Crippen molar-refractivity contribution in [2.75, 3.05) is 19.6 Å². The molecule has 176 valence electrons. The minimum atomic E-state index is -3.65. The van der Waals surface area contributed by atoms with E-state index in [1.165, 1.54) is 11.1 Å². The van der Waals surface area contributed by atoms with Crippen LogP contribution in [0, 0.1) is 12.8 Å². The Balaban J connectivity index is 1.54. The van der Waals surface area contributed by atoms with Crippen molar-refractivity contribution < 1.29 is 13.2 Å². The second-order valence-corrected chi connectivity index (χ2v) is 10.8. The van der Waals surface area contributed by atoms with E-state index in [1.807, 2.05) is 13.8 Å². The predicted octanol–water partition coefficient (Wildman–Crippen LogP) is 3.01. The monoisotopic (exact) mass is 468 g/mol.